The first-order chi connectivity index (χ1) is 15.1. The number of hydrogen-bond donors (Lipinski definition) is 0. The first-order valence-electron chi connectivity index (χ1n) is 9.95. The Hall–Kier alpha value is -3.63. The topological polar surface area (TPSA) is 44.1 Å². The van der Waals surface area contributed by atoms with Gasteiger partial charge in [-0.05, 0) is 46.7 Å². The number of carbonyl (C=O) groups excluding carboxylic acids is 1. The molecular formula is C26H19ClN2O2. The molecule has 0 radical (unpaired) electrons. The van der Waals surface area contributed by atoms with E-state index in [2.05, 4.69) is 28.8 Å². The number of benzene rings is 4. The number of halogens is 1. The second-order valence-corrected chi connectivity index (χ2v) is 7.81. The molecule has 0 aliphatic rings. The summed E-state index contributed by atoms with van der Waals surface area (Å²) in [4.78, 5) is 17.1. The summed E-state index contributed by atoms with van der Waals surface area (Å²) in [6, 6.07) is 27.7. The molecule has 0 spiro atoms. The standard InChI is InChI=1S/C26H19ClN2O2/c1-31-26(30)19-11-14-23-24(15-19)29(16-17-9-12-20(27)13-10-17)25(28-23)22-8-4-6-18-5-2-3-7-21(18)22/h2-15H,16H2,1H3. The van der Waals surface area contributed by atoms with Gasteiger partial charge in [0.2, 0.25) is 0 Å². The number of ether oxygens (including phenoxy) is 1. The minimum absolute atomic E-state index is 0.368. The van der Waals surface area contributed by atoms with Crippen molar-refractivity contribution in [3.8, 4) is 11.4 Å². The van der Waals surface area contributed by atoms with Crippen LogP contribution < -0.4 is 0 Å². The van der Waals surface area contributed by atoms with Gasteiger partial charge in [0.1, 0.15) is 5.82 Å². The molecule has 0 unspecified atom stereocenters. The average molecular weight is 427 g/mol. The molecule has 4 nitrogen and oxygen atoms in total. The molecule has 152 valence electrons. The van der Waals surface area contributed by atoms with Crippen molar-refractivity contribution in [2.45, 2.75) is 6.54 Å². The number of carbonyl (C=O) groups is 1. The molecule has 5 heteroatoms. The molecule has 0 fully saturated rings. The lowest BCUT2D eigenvalue weighted by atomic mass is 10.0. The van der Waals surface area contributed by atoms with Crippen molar-refractivity contribution >= 4 is 39.4 Å². The maximum Gasteiger partial charge on any atom is 0.337 e. The van der Waals surface area contributed by atoms with Crippen molar-refractivity contribution in [2.75, 3.05) is 7.11 Å². The highest BCUT2D eigenvalue weighted by molar-refractivity contribution is 6.30. The van der Waals surface area contributed by atoms with E-state index in [9.17, 15) is 4.79 Å². The number of aromatic nitrogens is 2. The molecular weight excluding hydrogens is 408 g/mol. The van der Waals surface area contributed by atoms with Crippen LogP contribution in [-0.4, -0.2) is 22.6 Å². The van der Waals surface area contributed by atoms with E-state index in [0.717, 1.165) is 38.8 Å². The highest BCUT2D eigenvalue weighted by atomic mass is 35.5. The van der Waals surface area contributed by atoms with Crippen molar-refractivity contribution in [1.82, 2.24) is 9.55 Å². The molecule has 5 aromatic rings. The Labute approximate surface area is 184 Å². The zero-order valence-electron chi connectivity index (χ0n) is 16.9. The maximum atomic E-state index is 12.1. The lowest BCUT2D eigenvalue weighted by molar-refractivity contribution is 0.0601. The fourth-order valence-corrected chi connectivity index (χ4v) is 4.05. The highest BCUT2D eigenvalue weighted by Gasteiger charge is 2.17. The van der Waals surface area contributed by atoms with Crippen LogP contribution in [0.3, 0.4) is 0 Å². The third-order valence-corrected chi connectivity index (χ3v) is 5.71. The Morgan fingerprint density at radius 1 is 0.968 bits per heavy atom. The first-order valence-corrected chi connectivity index (χ1v) is 10.3. The van der Waals surface area contributed by atoms with Crippen LogP contribution in [0.1, 0.15) is 15.9 Å². The van der Waals surface area contributed by atoms with E-state index < -0.39 is 0 Å². The lowest BCUT2D eigenvalue weighted by Crippen LogP contribution is -2.04. The molecule has 0 atom stereocenters. The fraction of sp³-hybridized carbons (Fsp3) is 0.0769. The Kier molecular flexibility index (Phi) is 4.92. The van der Waals surface area contributed by atoms with Gasteiger partial charge in [-0.15, -0.1) is 0 Å². The van der Waals surface area contributed by atoms with Gasteiger partial charge in [0.15, 0.2) is 0 Å². The van der Waals surface area contributed by atoms with Crippen LogP contribution in [0.4, 0.5) is 0 Å². The summed E-state index contributed by atoms with van der Waals surface area (Å²) in [7, 11) is 1.39. The van der Waals surface area contributed by atoms with E-state index in [0.29, 0.717) is 17.1 Å². The second-order valence-electron chi connectivity index (χ2n) is 7.37. The summed E-state index contributed by atoms with van der Waals surface area (Å²) in [6.07, 6.45) is 0. The van der Waals surface area contributed by atoms with E-state index in [1.54, 1.807) is 6.07 Å². The molecule has 0 saturated carbocycles. The number of nitrogens with zero attached hydrogens (tertiary/aromatic N) is 2. The van der Waals surface area contributed by atoms with Crippen LogP contribution in [0.5, 0.6) is 0 Å². The van der Waals surface area contributed by atoms with Crippen molar-refractivity contribution in [3.63, 3.8) is 0 Å². The Balaban J connectivity index is 1.76. The lowest BCUT2D eigenvalue weighted by Gasteiger charge is -2.12. The largest absolute Gasteiger partial charge is 0.465 e. The quantitative estimate of drug-likeness (QED) is 0.315. The predicted molar refractivity (Wildman–Crippen MR) is 125 cm³/mol. The predicted octanol–water partition coefficient (Wildman–Crippen LogP) is 6.34. The average Bonchev–Trinajstić information content (AvgIpc) is 3.17. The molecule has 1 aromatic heterocycles. The number of imidazole rings is 1. The van der Waals surface area contributed by atoms with Crippen LogP contribution in [0.25, 0.3) is 33.2 Å². The van der Waals surface area contributed by atoms with Gasteiger partial charge in [-0.2, -0.15) is 0 Å². The van der Waals surface area contributed by atoms with Crippen LogP contribution in [0.2, 0.25) is 5.02 Å². The monoisotopic (exact) mass is 426 g/mol. The van der Waals surface area contributed by atoms with Gasteiger partial charge in [-0.3, -0.25) is 0 Å². The summed E-state index contributed by atoms with van der Waals surface area (Å²) in [6.45, 7) is 0.594. The Bertz CT molecular complexity index is 1420. The number of rotatable bonds is 4. The van der Waals surface area contributed by atoms with Crippen molar-refractivity contribution in [2.24, 2.45) is 0 Å². The minimum Gasteiger partial charge on any atom is -0.465 e. The zero-order valence-corrected chi connectivity index (χ0v) is 17.6. The second kappa shape index (κ2) is 7.89. The van der Waals surface area contributed by atoms with Gasteiger partial charge in [0, 0.05) is 17.1 Å². The number of methoxy groups -OCH3 is 1. The number of hydrogen-bond acceptors (Lipinski definition) is 3. The number of esters is 1. The van der Waals surface area contributed by atoms with E-state index in [-0.39, 0.29) is 5.97 Å². The van der Waals surface area contributed by atoms with Crippen LogP contribution in [0, 0.1) is 0 Å². The summed E-state index contributed by atoms with van der Waals surface area (Å²) < 4.78 is 7.07. The van der Waals surface area contributed by atoms with Crippen LogP contribution in [0.15, 0.2) is 84.9 Å². The van der Waals surface area contributed by atoms with E-state index in [1.807, 2.05) is 54.6 Å². The fourth-order valence-electron chi connectivity index (χ4n) is 3.93. The van der Waals surface area contributed by atoms with Gasteiger partial charge in [0.25, 0.3) is 0 Å². The summed E-state index contributed by atoms with van der Waals surface area (Å²) in [5.74, 6) is 0.483. The van der Waals surface area contributed by atoms with Gasteiger partial charge >= 0.3 is 5.97 Å². The van der Waals surface area contributed by atoms with Crippen molar-refractivity contribution in [3.05, 3.63) is 101 Å². The van der Waals surface area contributed by atoms with Gasteiger partial charge < -0.3 is 9.30 Å². The van der Waals surface area contributed by atoms with Gasteiger partial charge in [-0.1, -0.05) is 66.2 Å². The molecule has 1 heterocycles. The van der Waals surface area contributed by atoms with Crippen LogP contribution in [-0.2, 0) is 11.3 Å². The third kappa shape index (κ3) is 3.56. The summed E-state index contributed by atoms with van der Waals surface area (Å²) >= 11 is 6.08. The first kappa shape index (κ1) is 19.3. The minimum atomic E-state index is -0.368. The SMILES string of the molecule is COC(=O)c1ccc2nc(-c3cccc4ccccc34)n(Cc3ccc(Cl)cc3)c2c1. The highest BCUT2D eigenvalue weighted by Crippen LogP contribution is 2.32. The summed E-state index contributed by atoms with van der Waals surface area (Å²) in [5, 5.41) is 2.98. The van der Waals surface area contributed by atoms with Crippen molar-refractivity contribution in [1.29, 1.82) is 0 Å². The van der Waals surface area contributed by atoms with E-state index in [1.165, 1.54) is 7.11 Å². The van der Waals surface area contributed by atoms with Gasteiger partial charge in [0.05, 0.1) is 23.7 Å². The maximum absolute atomic E-state index is 12.1. The molecule has 0 amide bonds. The molecule has 0 saturated heterocycles. The van der Waals surface area contributed by atoms with Gasteiger partial charge in [-0.25, -0.2) is 9.78 Å². The van der Waals surface area contributed by atoms with Crippen molar-refractivity contribution < 1.29 is 9.53 Å². The molecule has 0 aliphatic carbocycles. The zero-order chi connectivity index (χ0) is 21.4. The Morgan fingerprint density at radius 2 is 1.74 bits per heavy atom. The van der Waals surface area contributed by atoms with Crippen LogP contribution >= 0.6 is 11.6 Å². The molecule has 5 rings (SSSR count). The smallest absolute Gasteiger partial charge is 0.337 e. The van der Waals surface area contributed by atoms with E-state index in [4.69, 9.17) is 21.3 Å². The molecule has 0 aliphatic heterocycles. The third-order valence-electron chi connectivity index (χ3n) is 5.45. The molecule has 0 N–H and O–H groups in total. The molecule has 31 heavy (non-hydrogen) atoms. The summed E-state index contributed by atoms with van der Waals surface area (Å²) in [5.41, 5.74) is 4.33. The molecule has 0 bridgehead atoms. The Morgan fingerprint density at radius 3 is 2.55 bits per heavy atom. The van der Waals surface area contributed by atoms with E-state index >= 15 is 0 Å². The normalized spacial score (nSPS) is 11.2. The number of fused-ring (bicyclic) bond motifs is 2. The molecule has 4 aromatic carbocycles.